The van der Waals surface area contributed by atoms with E-state index in [1.807, 2.05) is 99.3 Å². The lowest BCUT2D eigenvalue weighted by atomic mass is 10.1. The van der Waals surface area contributed by atoms with E-state index >= 15 is 0 Å². The van der Waals surface area contributed by atoms with Crippen molar-refractivity contribution in [2.45, 2.75) is 45.4 Å². The zero-order valence-electron chi connectivity index (χ0n) is 20.0. The number of fused-ring (bicyclic) bond motifs is 1. The Balaban J connectivity index is 1.70. The lowest BCUT2D eigenvalue weighted by Gasteiger charge is -2.27. The molecule has 0 fully saturated rings. The number of amides is 1. The average Bonchev–Trinajstić information content (AvgIpc) is 2.84. The smallest absolute Gasteiger partial charge is 0.266 e. The first-order valence-electron chi connectivity index (χ1n) is 11.4. The van der Waals surface area contributed by atoms with E-state index in [0.29, 0.717) is 22.6 Å². The fraction of sp³-hybridized carbons (Fsp3) is 0.250. The van der Waals surface area contributed by atoms with E-state index < -0.39 is 0 Å². The van der Waals surface area contributed by atoms with E-state index in [9.17, 15) is 9.59 Å². The van der Waals surface area contributed by atoms with Crippen LogP contribution >= 0.6 is 11.8 Å². The SMILES string of the molecule is Cc1cccc(-n2c(SCC(=O)N(Cc3ccccc3)C(C)C)nc3ccccc3c2=O)c1C. The van der Waals surface area contributed by atoms with Gasteiger partial charge in [-0.15, -0.1) is 0 Å². The van der Waals surface area contributed by atoms with Gasteiger partial charge in [0.15, 0.2) is 5.16 Å². The molecular formula is C28H29N3O2S. The number of carbonyl (C=O) groups is 1. The Morgan fingerprint density at radius 2 is 1.68 bits per heavy atom. The molecule has 1 amide bonds. The van der Waals surface area contributed by atoms with E-state index in [1.165, 1.54) is 11.8 Å². The van der Waals surface area contributed by atoms with Crippen LogP contribution in [0.25, 0.3) is 16.6 Å². The number of hydrogen-bond donors (Lipinski definition) is 0. The van der Waals surface area contributed by atoms with Crippen molar-refractivity contribution in [1.82, 2.24) is 14.5 Å². The van der Waals surface area contributed by atoms with Crippen molar-refractivity contribution in [3.05, 3.63) is 99.8 Å². The van der Waals surface area contributed by atoms with Crippen molar-refractivity contribution >= 4 is 28.6 Å². The second-order valence-electron chi connectivity index (χ2n) is 8.66. The molecule has 0 atom stereocenters. The fourth-order valence-corrected chi connectivity index (χ4v) is 4.84. The number of benzene rings is 3. The summed E-state index contributed by atoms with van der Waals surface area (Å²) in [6.07, 6.45) is 0. The van der Waals surface area contributed by atoms with Crippen LogP contribution < -0.4 is 5.56 Å². The number of aryl methyl sites for hydroxylation is 1. The van der Waals surface area contributed by atoms with Gasteiger partial charge in [0.25, 0.3) is 5.56 Å². The monoisotopic (exact) mass is 471 g/mol. The molecule has 5 nitrogen and oxygen atoms in total. The van der Waals surface area contributed by atoms with Gasteiger partial charge < -0.3 is 4.90 Å². The van der Waals surface area contributed by atoms with E-state index in [-0.39, 0.29) is 23.3 Å². The Bertz CT molecular complexity index is 1380. The predicted octanol–water partition coefficient (Wildman–Crippen LogP) is 5.53. The van der Waals surface area contributed by atoms with Crippen molar-refractivity contribution in [1.29, 1.82) is 0 Å². The summed E-state index contributed by atoms with van der Waals surface area (Å²) in [5.74, 6) is 0.208. The summed E-state index contributed by atoms with van der Waals surface area (Å²) in [5.41, 5.74) is 4.50. The van der Waals surface area contributed by atoms with Crippen LogP contribution in [0.1, 0.15) is 30.5 Å². The Kier molecular flexibility index (Phi) is 7.17. The minimum atomic E-state index is -0.126. The minimum Gasteiger partial charge on any atom is -0.335 e. The Labute approximate surface area is 204 Å². The molecule has 0 saturated heterocycles. The number of thioether (sulfide) groups is 1. The van der Waals surface area contributed by atoms with Gasteiger partial charge in [-0.05, 0) is 62.6 Å². The summed E-state index contributed by atoms with van der Waals surface area (Å²) < 4.78 is 1.65. The van der Waals surface area contributed by atoms with Gasteiger partial charge >= 0.3 is 0 Å². The topological polar surface area (TPSA) is 55.2 Å². The maximum absolute atomic E-state index is 13.6. The Hall–Kier alpha value is -3.38. The van der Waals surface area contributed by atoms with Crippen LogP contribution in [0.5, 0.6) is 0 Å². The van der Waals surface area contributed by atoms with Crippen molar-refractivity contribution in [2.24, 2.45) is 0 Å². The first kappa shape index (κ1) is 23.8. The molecule has 0 aliphatic rings. The van der Waals surface area contributed by atoms with E-state index in [2.05, 4.69) is 0 Å². The number of carbonyl (C=O) groups excluding carboxylic acids is 1. The normalized spacial score (nSPS) is 11.2. The van der Waals surface area contributed by atoms with Gasteiger partial charge in [0.05, 0.1) is 22.3 Å². The third kappa shape index (κ3) is 4.92. The third-order valence-electron chi connectivity index (χ3n) is 6.03. The summed E-state index contributed by atoms with van der Waals surface area (Å²) in [6.45, 7) is 8.62. The summed E-state index contributed by atoms with van der Waals surface area (Å²) in [5, 5.41) is 1.08. The molecule has 174 valence electrons. The van der Waals surface area contributed by atoms with Crippen LogP contribution in [-0.4, -0.2) is 32.2 Å². The summed E-state index contributed by atoms with van der Waals surface area (Å²) in [4.78, 5) is 33.5. The van der Waals surface area contributed by atoms with Gasteiger partial charge in [0, 0.05) is 12.6 Å². The molecule has 6 heteroatoms. The van der Waals surface area contributed by atoms with Gasteiger partial charge in [0.2, 0.25) is 5.91 Å². The van der Waals surface area contributed by atoms with Crippen LogP contribution in [-0.2, 0) is 11.3 Å². The second-order valence-corrected chi connectivity index (χ2v) is 9.60. The Morgan fingerprint density at radius 3 is 2.41 bits per heavy atom. The van der Waals surface area contributed by atoms with E-state index in [4.69, 9.17) is 4.98 Å². The fourth-order valence-electron chi connectivity index (χ4n) is 3.95. The number of rotatable bonds is 7. The Morgan fingerprint density at radius 1 is 0.971 bits per heavy atom. The van der Waals surface area contributed by atoms with Gasteiger partial charge in [-0.2, -0.15) is 0 Å². The van der Waals surface area contributed by atoms with Gasteiger partial charge in [-0.1, -0.05) is 66.4 Å². The van der Waals surface area contributed by atoms with Crippen LogP contribution in [0.15, 0.2) is 82.7 Å². The van der Waals surface area contributed by atoms with Crippen LogP contribution in [0.2, 0.25) is 0 Å². The highest BCUT2D eigenvalue weighted by Crippen LogP contribution is 2.25. The van der Waals surface area contributed by atoms with Crippen molar-refractivity contribution < 1.29 is 4.79 Å². The van der Waals surface area contributed by atoms with Crippen LogP contribution in [0.4, 0.5) is 0 Å². The van der Waals surface area contributed by atoms with E-state index in [0.717, 1.165) is 22.4 Å². The molecule has 0 saturated carbocycles. The highest BCUT2D eigenvalue weighted by molar-refractivity contribution is 7.99. The molecule has 4 aromatic rings. The molecule has 1 heterocycles. The molecule has 0 unspecified atom stereocenters. The zero-order valence-corrected chi connectivity index (χ0v) is 20.8. The number of nitrogens with zero attached hydrogens (tertiary/aromatic N) is 3. The standard InChI is InChI=1S/C28H29N3O2S/c1-19(2)30(17-22-12-6-5-7-13-22)26(32)18-34-28-29-24-15-9-8-14-23(24)27(33)31(28)25-16-10-11-20(3)21(25)4/h5-16,19H,17-18H2,1-4H3. The predicted molar refractivity (Wildman–Crippen MR) is 140 cm³/mol. The maximum Gasteiger partial charge on any atom is 0.266 e. The molecular weight excluding hydrogens is 442 g/mol. The molecule has 0 aliphatic carbocycles. The summed E-state index contributed by atoms with van der Waals surface area (Å²) in [7, 11) is 0. The van der Waals surface area contributed by atoms with Crippen LogP contribution in [0, 0.1) is 13.8 Å². The van der Waals surface area contributed by atoms with Gasteiger partial charge in [0.1, 0.15) is 0 Å². The minimum absolute atomic E-state index is 0.0128. The second kappa shape index (κ2) is 10.3. The van der Waals surface area contributed by atoms with Crippen LogP contribution in [0.3, 0.4) is 0 Å². The zero-order chi connectivity index (χ0) is 24.2. The molecule has 1 aromatic heterocycles. The van der Waals surface area contributed by atoms with Crippen molar-refractivity contribution in [3.8, 4) is 5.69 Å². The first-order valence-corrected chi connectivity index (χ1v) is 12.4. The molecule has 0 aliphatic heterocycles. The molecule has 0 bridgehead atoms. The van der Waals surface area contributed by atoms with Crippen molar-refractivity contribution in [3.63, 3.8) is 0 Å². The number of hydrogen-bond acceptors (Lipinski definition) is 4. The highest BCUT2D eigenvalue weighted by atomic mass is 32.2. The number of para-hydroxylation sites is 1. The van der Waals surface area contributed by atoms with E-state index in [1.54, 1.807) is 10.6 Å². The molecule has 3 aromatic carbocycles. The van der Waals surface area contributed by atoms with Gasteiger partial charge in [-0.3, -0.25) is 14.2 Å². The van der Waals surface area contributed by atoms with Gasteiger partial charge in [-0.25, -0.2) is 4.98 Å². The lowest BCUT2D eigenvalue weighted by Crippen LogP contribution is -2.37. The highest BCUT2D eigenvalue weighted by Gasteiger charge is 2.21. The summed E-state index contributed by atoms with van der Waals surface area (Å²) in [6, 6.07) is 23.3. The molecule has 34 heavy (non-hydrogen) atoms. The maximum atomic E-state index is 13.6. The molecule has 0 spiro atoms. The number of aromatic nitrogens is 2. The first-order chi connectivity index (χ1) is 16.4. The molecule has 4 rings (SSSR count). The quantitative estimate of drug-likeness (QED) is 0.263. The molecule has 0 radical (unpaired) electrons. The van der Waals surface area contributed by atoms with Crippen molar-refractivity contribution in [2.75, 3.05) is 5.75 Å². The largest absolute Gasteiger partial charge is 0.335 e. The summed E-state index contributed by atoms with van der Waals surface area (Å²) >= 11 is 1.31. The lowest BCUT2D eigenvalue weighted by molar-refractivity contribution is -0.130. The molecule has 0 N–H and O–H groups in total. The average molecular weight is 472 g/mol. The third-order valence-corrected chi connectivity index (χ3v) is 6.95.